The monoisotopic (exact) mass is 307 g/mol. The van der Waals surface area contributed by atoms with Crippen LogP contribution >= 0.6 is 0 Å². The molecule has 0 bridgehead atoms. The maximum absolute atomic E-state index is 12.6. The first-order chi connectivity index (χ1) is 10.6. The van der Waals surface area contributed by atoms with Crippen molar-refractivity contribution >= 4 is 11.9 Å². The Kier molecular flexibility index (Phi) is 5.25. The number of carboxylic acid groups (broad SMARTS) is 1. The minimum Gasteiger partial charge on any atom is -0.493 e. The van der Waals surface area contributed by atoms with E-state index in [1.54, 1.807) is 18.2 Å². The average molecular weight is 307 g/mol. The molecule has 0 aromatic heterocycles. The fourth-order valence-corrected chi connectivity index (χ4v) is 2.67. The zero-order valence-corrected chi connectivity index (χ0v) is 12.9. The third kappa shape index (κ3) is 3.32. The van der Waals surface area contributed by atoms with E-state index in [1.165, 1.54) is 12.0 Å². The van der Waals surface area contributed by atoms with Gasteiger partial charge in [-0.15, -0.1) is 0 Å². The number of nitrogens with zero attached hydrogens (tertiary/aromatic N) is 1. The maximum atomic E-state index is 12.6. The Hall–Kier alpha value is -2.24. The summed E-state index contributed by atoms with van der Waals surface area (Å²) in [6.07, 6.45) is 2.15. The zero-order chi connectivity index (χ0) is 16.1. The van der Waals surface area contributed by atoms with Gasteiger partial charge in [0.25, 0.3) is 5.91 Å². The van der Waals surface area contributed by atoms with Crippen LogP contribution in [0.5, 0.6) is 11.5 Å². The van der Waals surface area contributed by atoms with Gasteiger partial charge < -0.3 is 19.5 Å². The molecule has 2 rings (SSSR count). The summed E-state index contributed by atoms with van der Waals surface area (Å²) in [6.45, 7) is 2.83. The maximum Gasteiger partial charge on any atom is 0.326 e. The molecule has 0 aliphatic carbocycles. The third-order valence-corrected chi connectivity index (χ3v) is 3.76. The highest BCUT2D eigenvalue weighted by molar-refractivity contribution is 5.97. The van der Waals surface area contributed by atoms with Crippen LogP contribution in [-0.2, 0) is 4.79 Å². The summed E-state index contributed by atoms with van der Waals surface area (Å²) >= 11 is 0. The fourth-order valence-electron chi connectivity index (χ4n) is 2.67. The molecule has 1 heterocycles. The van der Waals surface area contributed by atoms with Gasteiger partial charge in [-0.1, -0.05) is 0 Å². The number of aliphatic carboxylic acids is 1. The predicted octanol–water partition coefficient (Wildman–Crippen LogP) is 2.17. The second-order valence-electron chi connectivity index (χ2n) is 5.15. The first kappa shape index (κ1) is 16.1. The Morgan fingerprint density at radius 1 is 1.32 bits per heavy atom. The number of carbonyl (C=O) groups excluding carboxylic acids is 1. The highest BCUT2D eigenvalue weighted by atomic mass is 16.5. The minimum atomic E-state index is -0.953. The lowest BCUT2D eigenvalue weighted by molar-refractivity contribution is -0.143. The topological polar surface area (TPSA) is 76.1 Å². The van der Waals surface area contributed by atoms with Gasteiger partial charge in [-0.05, 0) is 44.4 Å². The van der Waals surface area contributed by atoms with Crippen molar-refractivity contribution in [2.75, 3.05) is 20.3 Å². The molecule has 120 valence electrons. The lowest BCUT2D eigenvalue weighted by atomic mass is 10.0. The Bertz CT molecular complexity index is 557. The van der Waals surface area contributed by atoms with Gasteiger partial charge >= 0.3 is 5.97 Å². The minimum absolute atomic E-state index is 0.284. The summed E-state index contributed by atoms with van der Waals surface area (Å²) in [5.74, 6) is -0.203. The number of hydrogen-bond acceptors (Lipinski definition) is 4. The smallest absolute Gasteiger partial charge is 0.326 e. The molecule has 1 aliphatic heterocycles. The van der Waals surface area contributed by atoms with Crippen molar-refractivity contribution in [2.45, 2.75) is 32.2 Å². The molecule has 6 nitrogen and oxygen atoms in total. The fraction of sp³-hybridized carbons (Fsp3) is 0.500. The molecule has 22 heavy (non-hydrogen) atoms. The van der Waals surface area contributed by atoms with Gasteiger partial charge in [0.2, 0.25) is 0 Å². The lowest BCUT2D eigenvalue weighted by Crippen LogP contribution is -2.47. The molecule has 1 atom stereocenters. The van der Waals surface area contributed by atoms with Crippen LogP contribution in [0, 0.1) is 0 Å². The quantitative estimate of drug-likeness (QED) is 0.902. The standard InChI is InChI=1S/C16H21NO5/c1-3-22-13-8-7-11(10-14(13)21-2)15(18)17-9-5-4-6-12(17)16(19)20/h7-8,10,12H,3-6,9H2,1-2H3,(H,19,20). The van der Waals surface area contributed by atoms with E-state index >= 15 is 0 Å². The van der Waals surface area contributed by atoms with Crippen molar-refractivity contribution in [2.24, 2.45) is 0 Å². The molecular weight excluding hydrogens is 286 g/mol. The number of methoxy groups -OCH3 is 1. The van der Waals surface area contributed by atoms with Crippen LogP contribution in [-0.4, -0.2) is 48.2 Å². The first-order valence-corrected chi connectivity index (χ1v) is 7.43. The highest BCUT2D eigenvalue weighted by Gasteiger charge is 2.32. The summed E-state index contributed by atoms with van der Waals surface area (Å²) in [6, 6.07) is 4.17. The van der Waals surface area contributed by atoms with Crippen molar-refractivity contribution in [3.8, 4) is 11.5 Å². The number of carbonyl (C=O) groups is 2. The second kappa shape index (κ2) is 7.15. The van der Waals surface area contributed by atoms with Crippen LogP contribution in [0.25, 0.3) is 0 Å². The summed E-state index contributed by atoms with van der Waals surface area (Å²) in [5.41, 5.74) is 0.411. The number of rotatable bonds is 5. The van der Waals surface area contributed by atoms with Crippen molar-refractivity contribution in [3.63, 3.8) is 0 Å². The molecule has 1 unspecified atom stereocenters. The summed E-state index contributed by atoms with van der Waals surface area (Å²) in [4.78, 5) is 25.4. The SMILES string of the molecule is CCOc1ccc(C(=O)N2CCCCC2C(=O)O)cc1OC. The van der Waals surface area contributed by atoms with Gasteiger partial charge in [0.05, 0.1) is 13.7 Å². The lowest BCUT2D eigenvalue weighted by Gasteiger charge is -2.33. The van der Waals surface area contributed by atoms with Crippen LogP contribution in [0.3, 0.4) is 0 Å². The van der Waals surface area contributed by atoms with Crippen LogP contribution in [0.1, 0.15) is 36.5 Å². The van der Waals surface area contributed by atoms with Gasteiger partial charge in [0.1, 0.15) is 6.04 Å². The van der Waals surface area contributed by atoms with Crippen molar-refractivity contribution in [1.82, 2.24) is 4.90 Å². The molecule has 1 aromatic rings. The molecule has 0 spiro atoms. The van der Waals surface area contributed by atoms with Crippen LogP contribution in [0.15, 0.2) is 18.2 Å². The van der Waals surface area contributed by atoms with Crippen molar-refractivity contribution < 1.29 is 24.2 Å². The number of carboxylic acids is 1. The van der Waals surface area contributed by atoms with E-state index in [2.05, 4.69) is 0 Å². The van der Waals surface area contributed by atoms with E-state index in [9.17, 15) is 14.7 Å². The summed E-state index contributed by atoms with van der Waals surface area (Å²) in [7, 11) is 1.51. The molecule has 0 radical (unpaired) electrons. The summed E-state index contributed by atoms with van der Waals surface area (Å²) in [5, 5.41) is 9.28. The van der Waals surface area contributed by atoms with E-state index in [0.717, 1.165) is 12.8 Å². The van der Waals surface area contributed by atoms with Gasteiger partial charge in [-0.3, -0.25) is 4.79 Å². The number of piperidine rings is 1. The van der Waals surface area contributed by atoms with Gasteiger partial charge in [0, 0.05) is 12.1 Å². The molecule has 1 fully saturated rings. The Balaban J connectivity index is 2.26. The number of amides is 1. The Labute approximate surface area is 129 Å². The van der Waals surface area contributed by atoms with E-state index in [-0.39, 0.29) is 5.91 Å². The number of likely N-dealkylation sites (tertiary alicyclic amines) is 1. The molecule has 6 heteroatoms. The Morgan fingerprint density at radius 2 is 2.09 bits per heavy atom. The van der Waals surface area contributed by atoms with Gasteiger partial charge in [0.15, 0.2) is 11.5 Å². The molecule has 1 N–H and O–H groups in total. The average Bonchev–Trinajstić information content (AvgIpc) is 2.54. The van der Waals surface area contributed by atoms with Crippen molar-refractivity contribution in [3.05, 3.63) is 23.8 Å². The number of ether oxygens (including phenoxy) is 2. The predicted molar refractivity (Wildman–Crippen MR) is 80.5 cm³/mol. The second-order valence-corrected chi connectivity index (χ2v) is 5.15. The van der Waals surface area contributed by atoms with E-state index in [4.69, 9.17) is 9.47 Å². The normalized spacial score (nSPS) is 17.9. The molecule has 0 saturated carbocycles. The molecule has 1 aromatic carbocycles. The van der Waals surface area contributed by atoms with E-state index in [0.29, 0.717) is 36.6 Å². The van der Waals surface area contributed by atoms with Crippen molar-refractivity contribution in [1.29, 1.82) is 0 Å². The molecule has 1 amide bonds. The zero-order valence-electron chi connectivity index (χ0n) is 12.9. The Morgan fingerprint density at radius 3 is 2.73 bits per heavy atom. The number of benzene rings is 1. The van der Waals surface area contributed by atoms with Gasteiger partial charge in [-0.2, -0.15) is 0 Å². The van der Waals surface area contributed by atoms with Crippen LogP contribution in [0.2, 0.25) is 0 Å². The number of hydrogen-bond donors (Lipinski definition) is 1. The summed E-state index contributed by atoms with van der Waals surface area (Å²) < 4.78 is 10.7. The molecule has 1 aliphatic rings. The van der Waals surface area contributed by atoms with Gasteiger partial charge in [-0.25, -0.2) is 4.79 Å². The van der Waals surface area contributed by atoms with E-state index in [1.807, 2.05) is 6.92 Å². The highest BCUT2D eigenvalue weighted by Crippen LogP contribution is 2.29. The largest absolute Gasteiger partial charge is 0.493 e. The first-order valence-electron chi connectivity index (χ1n) is 7.43. The molecular formula is C16H21NO5. The van der Waals surface area contributed by atoms with Crippen LogP contribution in [0.4, 0.5) is 0 Å². The van der Waals surface area contributed by atoms with Crippen LogP contribution < -0.4 is 9.47 Å². The van der Waals surface area contributed by atoms with E-state index < -0.39 is 12.0 Å². The third-order valence-electron chi connectivity index (χ3n) is 3.76. The molecule has 1 saturated heterocycles.